The van der Waals surface area contributed by atoms with Gasteiger partial charge >= 0.3 is 12.3 Å². The van der Waals surface area contributed by atoms with Crippen molar-refractivity contribution in [1.29, 1.82) is 5.26 Å². The Balaban J connectivity index is 3.39. The molecule has 0 fully saturated rings. The summed E-state index contributed by atoms with van der Waals surface area (Å²) in [6.07, 6.45) is -4.73. The molecule has 0 atom stereocenters. The van der Waals surface area contributed by atoms with E-state index in [0.29, 0.717) is 0 Å². The molecule has 0 saturated heterocycles. The van der Waals surface area contributed by atoms with Crippen molar-refractivity contribution >= 4 is 5.97 Å². The van der Waals surface area contributed by atoms with Crippen LogP contribution in [0, 0.1) is 11.3 Å². The first-order valence-corrected chi connectivity index (χ1v) is 5.23. The number of carbonyl (C=O) groups excluding carboxylic acids is 1. The van der Waals surface area contributed by atoms with Gasteiger partial charge < -0.3 is 9.47 Å². The molecule has 0 unspecified atom stereocenters. The lowest BCUT2D eigenvalue weighted by Gasteiger charge is -2.15. The second kappa shape index (κ2) is 5.61. The van der Waals surface area contributed by atoms with Gasteiger partial charge in [-0.3, -0.25) is 0 Å². The Bertz CT molecular complexity index is 532. The smallest absolute Gasteiger partial charge is 0.465 e. The van der Waals surface area contributed by atoms with E-state index in [4.69, 9.17) is 5.26 Å². The number of nitriles is 1. The number of methoxy groups -OCH3 is 1. The van der Waals surface area contributed by atoms with Crippen molar-refractivity contribution in [2.75, 3.05) is 7.11 Å². The Morgan fingerprint density at radius 2 is 2.05 bits per heavy atom. The van der Waals surface area contributed by atoms with Crippen LogP contribution in [0.25, 0.3) is 0 Å². The van der Waals surface area contributed by atoms with Crippen LogP contribution in [0.3, 0.4) is 0 Å². The fourth-order valence-electron chi connectivity index (χ4n) is 1.51. The first-order chi connectivity index (χ1) is 8.82. The second-order valence-corrected chi connectivity index (χ2v) is 3.52. The van der Waals surface area contributed by atoms with E-state index in [1.807, 2.05) is 0 Å². The lowest BCUT2D eigenvalue weighted by Crippen LogP contribution is -2.19. The molecule has 0 spiro atoms. The molecule has 1 rings (SSSR count). The molecular formula is C12H10F3NO3. The maximum atomic E-state index is 12.3. The fourth-order valence-corrected chi connectivity index (χ4v) is 1.51. The Morgan fingerprint density at radius 3 is 2.47 bits per heavy atom. The summed E-state index contributed by atoms with van der Waals surface area (Å²) in [7, 11) is 1.14. The highest BCUT2D eigenvalue weighted by Gasteiger charge is 2.33. The van der Waals surface area contributed by atoms with Crippen molar-refractivity contribution in [2.24, 2.45) is 0 Å². The molecule has 0 bridgehead atoms. The van der Waals surface area contributed by atoms with Crippen LogP contribution in [0.5, 0.6) is 5.75 Å². The van der Waals surface area contributed by atoms with Gasteiger partial charge in [-0.05, 0) is 24.1 Å². The van der Waals surface area contributed by atoms with Crippen LogP contribution in [0.4, 0.5) is 13.2 Å². The number of aryl methyl sites for hydroxylation is 1. The third-order valence-electron chi connectivity index (χ3n) is 2.31. The number of alkyl halides is 3. The Labute approximate surface area is 107 Å². The monoisotopic (exact) mass is 273 g/mol. The predicted octanol–water partition coefficient (Wildman–Crippen LogP) is 2.81. The van der Waals surface area contributed by atoms with Crippen molar-refractivity contribution in [2.45, 2.75) is 19.7 Å². The highest BCUT2D eigenvalue weighted by molar-refractivity contribution is 5.90. The summed E-state index contributed by atoms with van der Waals surface area (Å²) in [5.41, 5.74) is -0.251. The van der Waals surface area contributed by atoms with Gasteiger partial charge in [0.2, 0.25) is 0 Å². The van der Waals surface area contributed by atoms with Crippen molar-refractivity contribution in [1.82, 2.24) is 0 Å². The van der Waals surface area contributed by atoms with Crippen LogP contribution in [0.15, 0.2) is 12.1 Å². The first kappa shape index (κ1) is 14.8. The summed E-state index contributed by atoms with van der Waals surface area (Å²) >= 11 is 0. The Hall–Kier alpha value is -2.23. The van der Waals surface area contributed by atoms with E-state index in [0.717, 1.165) is 13.2 Å². The molecule has 0 saturated carbocycles. The first-order valence-electron chi connectivity index (χ1n) is 5.23. The van der Waals surface area contributed by atoms with E-state index in [1.54, 1.807) is 13.0 Å². The lowest BCUT2D eigenvalue weighted by atomic mass is 10.0. The molecular weight excluding hydrogens is 263 g/mol. The SMILES string of the molecule is CCc1cc(C(=O)OC)cc(C#N)c1OC(F)(F)F. The number of esters is 1. The molecule has 1 aromatic rings. The average molecular weight is 273 g/mol. The van der Waals surface area contributed by atoms with Gasteiger partial charge in [0.05, 0.1) is 18.2 Å². The molecule has 0 amide bonds. The zero-order valence-electron chi connectivity index (χ0n) is 10.2. The van der Waals surface area contributed by atoms with Crippen molar-refractivity contribution < 1.29 is 27.4 Å². The molecule has 0 aliphatic carbocycles. The van der Waals surface area contributed by atoms with Crippen LogP contribution in [-0.2, 0) is 11.2 Å². The van der Waals surface area contributed by atoms with Gasteiger partial charge in [0.25, 0.3) is 0 Å². The van der Waals surface area contributed by atoms with Gasteiger partial charge in [-0.1, -0.05) is 6.92 Å². The molecule has 0 heterocycles. The van der Waals surface area contributed by atoms with Crippen LogP contribution >= 0.6 is 0 Å². The van der Waals surface area contributed by atoms with Crippen LogP contribution < -0.4 is 4.74 Å². The van der Waals surface area contributed by atoms with E-state index in [9.17, 15) is 18.0 Å². The zero-order valence-corrected chi connectivity index (χ0v) is 10.2. The third kappa shape index (κ3) is 3.61. The fraction of sp³-hybridized carbons (Fsp3) is 0.333. The molecule has 0 aromatic heterocycles. The number of rotatable bonds is 3. The van der Waals surface area contributed by atoms with E-state index >= 15 is 0 Å². The van der Waals surface area contributed by atoms with E-state index in [-0.39, 0.29) is 23.1 Å². The van der Waals surface area contributed by atoms with Gasteiger partial charge in [-0.15, -0.1) is 13.2 Å². The molecule has 0 aliphatic rings. The number of carbonyl (C=O) groups is 1. The molecule has 19 heavy (non-hydrogen) atoms. The van der Waals surface area contributed by atoms with Gasteiger partial charge in [0, 0.05) is 0 Å². The van der Waals surface area contributed by atoms with Gasteiger partial charge in [0.15, 0.2) is 0 Å². The summed E-state index contributed by atoms with van der Waals surface area (Å²) in [4.78, 5) is 11.4. The van der Waals surface area contributed by atoms with Crippen LogP contribution in [0.1, 0.15) is 28.4 Å². The summed E-state index contributed by atoms with van der Waals surface area (Å²) in [6.45, 7) is 1.58. The Morgan fingerprint density at radius 1 is 1.42 bits per heavy atom. The quantitative estimate of drug-likeness (QED) is 0.794. The minimum Gasteiger partial charge on any atom is -0.465 e. The second-order valence-electron chi connectivity index (χ2n) is 3.52. The number of hydrogen-bond donors (Lipinski definition) is 0. The highest BCUT2D eigenvalue weighted by Crippen LogP contribution is 2.31. The molecule has 0 aliphatic heterocycles. The average Bonchev–Trinajstić information content (AvgIpc) is 2.36. The number of hydrogen-bond acceptors (Lipinski definition) is 4. The summed E-state index contributed by atoms with van der Waals surface area (Å²) < 4.78 is 45.1. The van der Waals surface area contributed by atoms with Crippen molar-refractivity contribution in [3.8, 4) is 11.8 Å². The number of nitrogens with zero attached hydrogens (tertiary/aromatic N) is 1. The molecule has 7 heteroatoms. The summed E-state index contributed by atoms with van der Waals surface area (Å²) in [5, 5.41) is 8.86. The maximum Gasteiger partial charge on any atom is 0.573 e. The standard InChI is InChI=1S/C12H10F3NO3/c1-3-7-4-8(11(17)18-2)5-9(6-16)10(7)19-12(13,14)15/h4-5H,3H2,1-2H3. The Kier molecular flexibility index (Phi) is 4.38. The molecule has 1 aromatic carbocycles. The number of benzene rings is 1. The van der Waals surface area contributed by atoms with Crippen LogP contribution in [0.2, 0.25) is 0 Å². The lowest BCUT2D eigenvalue weighted by molar-refractivity contribution is -0.275. The van der Waals surface area contributed by atoms with Gasteiger partial charge in [-0.2, -0.15) is 5.26 Å². The van der Waals surface area contributed by atoms with E-state index in [1.165, 1.54) is 6.07 Å². The van der Waals surface area contributed by atoms with E-state index < -0.39 is 18.1 Å². The predicted molar refractivity (Wildman–Crippen MR) is 58.6 cm³/mol. The zero-order chi connectivity index (χ0) is 14.6. The van der Waals surface area contributed by atoms with Gasteiger partial charge in [-0.25, -0.2) is 4.79 Å². The minimum absolute atomic E-state index is 0.00502. The maximum absolute atomic E-state index is 12.3. The number of halogens is 3. The van der Waals surface area contributed by atoms with Crippen molar-refractivity contribution in [3.63, 3.8) is 0 Å². The highest BCUT2D eigenvalue weighted by atomic mass is 19.4. The van der Waals surface area contributed by atoms with Crippen LogP contribution in [-0.4, -0.2) is 19.4 Å². The number of ether oxygens (including phenoxy) is 2. The third-order valence-corrected chi connectivity index (χ3v) is 2.31. The molecule has 0 N–H and O–H groups in total. The normalized spacial score (nSPS) is 10.7. The van der Waals surface area contributed by atoms with E-state index in [2.05, 4.69) is 9.47 Å². The summed E-state index contributed by atoms with van der Waals surface area (Å²) in [6, 6.07) is 3.80. The van der Waals surface area contributed by atoms with Gasteiger partial charge in [0.1, 0.15) is 11.8 Å². The summed E-state index contributed by atoms with van der Waals surface area (Å²) in [5.74, 6) is -1.31. The van der Waals surface area contributed by atoms with Crippen molar-refractivity contribution in [3.05, 3.63) is 28.8 Å². The molecule has 4 nitrogen and oxygen atoms in total. The molecule has 0 radical (unpaired) electrons. The minimum atomic E-state index is -4.90. The largest absolute Gasteiger partial charge is 0.573 e. The molecule has 102 valence electrons. The topological polar surface area (TPSA) is 59.3 Å².